The van der Waals surface area contributed by atoms with Gasteiger partial charge in [-0.25, -0.2) is 0 Å². The number of nitrogens with zero attached hydrogens (tertiary/aromatic N) is 2. The molecule has 1 aromatic rings. The van der Waals surface area contributed by atoms with E-state index < -0.39 is 5.54 Å². The molecule has 0 fully saturated rings. The summed E-state index contributed by atoms with van der Waals surface area (Å²) in [6.45, 7) is 6.04. The molecule has 0 saturated carbocycles. The van der Waals surface area contributed by atoms with Gasteiger partial charge in [-0.05, 0) is 20.3 Å². The maximum atomic E-state index is 5.93. The molecule has 0 saturated heterocycles. The zero-order chi connectivity index (χ0) is 14.8. The van der Waals surface area contributed by atoms with Crippen molar-refractivity contribution in [2.45, 2.75) is 90.5 Å². The molecule has 0 bridgehead atoms. The predicted octanol–water partition coefficient (Wildman–Crippen LogP) is 4.34. The number of rotatable bonds is 11. The Morgan fingerprint density at radius 1 is 0.950 bits per heavy atom. The molecule has 0 radical (unpaired) electrons. The number of aryl methyl sites for hydroxylation is 1. The number of hydrogen-bond donors (Lipinski definition) is 1. The highest BCUT2D eigenvalue weighted by molar-refractivity contribution is 4.98. The lowest BCUT2D eigenvalue weighted by Crippen LogP contribution is -2.30. The molecule has 2 N–H and O–H groups in total. The molecule has 0 amide bonds. The highest BCUT2D eigenvalue weighted by Crippen LogP contribution is 2.15. The molecule has 0 aliphatic heterocycles. The van der Waals surface area contributed by atoms with E-state index in [4.69, 9.17) is 10.3 Å². The Bertz CT molecular complexity index is 355. The van der Waals surface area contributed by atoms with Crippen LogP contribution in [0, 0.1) is 0 Å². The summed E-state index contributed by atoms with van der Waals surface area (Å²) < 4.78 is 5.22. The van der Waals surface area contributed by atoms with E-state index in [1.807, 2.05) is 13.8 Å². The van der Waals surface area contributed by atoms with Crippen LogP contribution in [0.1, 0.15) is 90.3 Å². The van der Waals surface area contributed by atoms with Crippen LogP contribution < -0.4 is 5.73 Å². The minimum atomic E-state index is -0.514. The van der Waals surface area contributed by atoms with Gasteiger partial charge in [0.2, 0.25) is 5.89 Å². The summed E-state index contributed by atoms with van der Waals surface area (Å²) in [5.74, 6) is 1.32. The molecule has 1 aromatic heterocycles. The molecule has 0 aromatic carbocycles. The van der Waals surface area contributed by atoms with Crippen molar-refractivity contribution in [2.75, 3.05) is 0 Å². The van der Waals surface area contributed by atoms with Gasteiger partial charge in [0.1, 0.15) is 0 Å². The quantitative estimate of drug-likeness (QED) is 0.613. The summed E-state index contributed by atoms with van der Waals surface area (Å²) in [5, 5.41) is 3.93. The van der Waals surface area contributed by atoms with Crippen LogP contribution in [-0.4, -0.2) is 10.1 Å². The zero-order valence-electron chi connectivity index (χ0n) is 13.5. The molecule has 0 atom stereocenters. The smallest absolute Gasteiger partial charge is 0.226 e. The van der Waals surface area contributed by atoms with E-state index in [1.165, 1.54) is 51.4 Å². The van der Waals surface area contributed by atoms with E-state index in [-0.39, 0.29) is 0 Å². The van der Waals surface area contributed by atoms with Crippen LogP contribution in [0.2, 0.25) is 0 Å². The average molecular weight is 281 g/mol. The van der Waals surface area contributed by atoms with Crippen molar-refractivity contribution < 1.29 is 4.52 Å². The molecule has 0 aliphatic rings. The van der Waals surface area contributed by atoms with E-state index in [0.717, 1.165) is 18.7 Å². The van der Waals surface area contributed by atoms with Crippen LogP contribution >= 0.6 is 0 Å². The largest absolute Gasteiger partial charge is 0.339 e. The van der Waals surface area contributed by atoms with Crippen LogP contribution in [0.5, 0.6) is 0 Å². The van der Waals surface area contributed by atoms with Crippen LogP contribution in [-0.2, 0) is 12.0 Å². The summed E-state index contributed by atoms with van der Waals surface area (Å²) >= 11 is 0. The lowest BCUT2D eigenvalue weighted by Gasteiger charge is -2.11. The van der Waals surface area contributed by atoms with Crippen molar-refractivity contribution in [3.63, 3.8) is 0 Å². The summed E-state index contributed by atoms with van der Waals surface area (Å²) in [6.07, 6.45) is 12.8. The van der Waals surface area contributed by atoms with Gasteiger partial charge in [-0.1, -0.05) is 63.4 Å². The maximum Gasteiger partial charge on any atom is 0.226 e. The molecule has 0 aliphatic carbocycles. The standard InChI is InChI=1S/C16H31N3O/c1-4-5-6-7-8-9-10-11-12-13-14-18-15(19-20-14)16(2,3)17/h4-13,17H2,1-3H3. The predicted molar refractivity (Wildman–Crippen MR) is 82.4 cm³/mol. The number of unbranched alkanes of at least 4 members (excludes halogenated alkanes) is 8. The van der Waals surface area contributed by atoms with Crippen LogP contribution in [0.25, 0.3) is 0 Å². The molecule has 1 rings (SSSR count). The van der Waals surface area contributed by atoms with Crippen LogP contribution in [0.3, 0.4) is 0 Å². The summed E-state index contributed by atoms with van der Waals surface area (Å²) in [4.78, 5) is 4.35. The third-order valence-electron chi connectivity index (χ3n) is 3.54. The van der Waals surface area contributed by atoms with Gasteiger partial charge in [0.05, 0.1) is 5.54 Å². The second-order valence-electron chi connectivity index (χ2n) is 6.31. The molecule has 0 spiro atoms. The molecule has 1 heterocycles. The van der Waals surface area contributed by atoms with Gasteiger partial charge >= 0.3 is 0 Å². The second-order valence-corrected chi connectivity index (χ2v) is 6.31. The fourth-order valence-corrected chi connectivity index (χ4v) is 2.21. The van der Waals surface area contributed by atoms with E-state index in [2.05, 4.69) is 17.1 Å². The van der Waals surface area contributed by atoms with Gasteiger partial charge < -0.3 is 10.3 Å². The van der Waals surface area contributed by atoms with Gasteiger partial charge in [0.15, 0.2) is 5.82 Å². The van der Waals surface area contributed by atoms with E-state index in [0.29, 0.717) is 5.82 Å². The zero-order valence-corrected chi connectivity index (χ0v) is 13.5. The number of nitrogens with two attached hydrogens (primary N) is 1. The fraction of sp³-hybridized carbons (Fsp3) is 0.875. The lowest BCUT2D eigenvalue weighted by molar-refractivity contribution is 0.357. The Kier molecular flexibility index (Phi) is 7.82. The second kappa shape index (κ2) is 9.11. The molecular formula is C16H31N3O. The highest BCUT2D eigenvalue weighted by Gasteiger charge is 2.21. The maximum absolute atomic E-state index is 5.93. The van der Waals surface area contributed by atoms with Crippen molar-refractivity contribution in [2.24, 2.45) is 5.73 Å². The molecule has 20 heavy (non-hydrogen) atoms. The van der Waals surface area contributed by atoms with Gasteiger partial charge in [-0.15, -0.1) is 0 Å². The molecular weight excluding hydrogens is 250 g/mol. The number of hydrogen-bond acceptors (Lipinski definition) is 4. The van der Waals surface area contributed by atoms with Crippen molar-refractivity contribution in [3.8, 4) is 0 Å². The van der Waals surface area contributed by atoms with Crippen LogP contribution in [0.15, 0.2) is 4.52 Å². The average Bonchev–Trinajstić information content (AvgIpc) is 2.85. The van der Waals surface area contributed by atoms with Crippen molar-refractivity contribution in [3.05, 3.63) is 11.7 Å². The number of aromatic nitrogens is 2. The third-order valence-corrected chi connectivity index (χ3v) is 3.54. The van der Waals surface area contributed by atoms with Crippen LogP contribution in [0.4, 0.5) is 0 Å². The topological polar surface area (TPSA) is 64.9 Å². The SMILES string of the molecule is CCCCCCCCCCCc1nc(C(C)(C)N)no1. The van der Waals surface area contributed by atoms with E-state index in [9.17, 15) is 0 Å². The molecule has 4 heteroatoms. The minimum absolute atomic E-state index is 0.514. The first kappa shape index (κ1) is 17.2. The first-order chi connectivity index (χ1) is 9.54. The van der Waals surface area contributed by atoms with Gasteiger partial charge in [0, 0.05) is 6.42 Å². The van der Waals surface area contributed by atoms with Crippen molar-refractivity contribution in [1.82, 2.24) is 10.1 Å². The molecule has 4 nitrogen and oxygen atoms in total. The normalized spacial score (nSPS) is 12.0. The monoisotopic (exact) mass is 281 g/mol. The summed E-state index contributed by atoms with van der Waals surface area (Å²) in [6, 6.07) is 0. The first-order valence-electron chi connectivity index (χ1n) is 8.16. The Morgan fingerprint density at radius 3 is 2.00 bits per heavy atom. The third kappa shape index (κ3) is 7.04. The van der Waals surface area contributed by atoms with Crippen molar-refractivity contribution in [1.29, 1.82) is 0 Å². The van der Waals surface area contributed by atoms with Crippen molar-refractivity contribution >= 4 is 0 Å². The Hall–Kier alpha value is -0.900. The summed E-state index contributed by atoms with van der Waals surface area (Å²) in [7, 11) is 0. The highest BCUT2D eigenvalue weighted by atomic mass is 16.5. The lowest BCUT2D eigenvalue weighted by atomic mass is 10.1. The molecule has 116 valence electrons. The molecule has 0 unspecified atom stereocenters. The Labute approximate surface area is 123 Å². The summed E-state index contributed by atoms with van der Waals surface area (Å²) in [5.41, 5.74) is 5.42. The van der Waals surface area contributed by atoms with Gasteiger partial charge in [0.25, 0.3) is 0 Å². The first-order valence-corrected chi connectivity index (χ1v) is 8.16. The fourth-order valence-electron chi connectivity index (χ4n) is 2.21. The van der Waals surface area contributed by atoms with Gasteiger partial charge in [-0.2, -0.15) is 4.98 Å². The Balaban J connectivity index is 2.03. The Morgan fingerprint density at radius 2 is 1.50 bits per heavy atom. The van der Waals surface area contributed by atoms with Gasteiger partial charge in [-0.3, -0.25) is 0 Å². The van der Waals surface area contributed by atoms with E-state index in [1.54, 1.807) is 0 Å². The van der Waals surface area contributed by atoms with E-state index >= 15 is 0 Å². The minimum Gasteiger partial charge on any atom is -0.339 e.